The summed E-state index contributed by atoms with van der Waals surface area (Å²) in [6, 6.07) is 2.71. The fourth-order valence-electron chi connectivity index (χ4n) is 1.23. The first-order valence-corrected chi connectivity index (χ1v) is 5.70. The van der Waals surface area contributed by atoms with E-state index in [1.807, 2.05) is 22.6 Å². The van der Waals surface area contributed by atoms with Gasteiger partial charge in [-0.05, 0) is 34.7 Å². The second-order valence-electron chi connectivity index (χ2n) is 2.85. The minimum atomic E-state index is -4.39. The largest absolute Gasteiger partial charge is 0.418 e. The van der Waals surface area contributed by atoms with Crippen LogP contribution >= 0.6 is 33.9 Å². The fraction of sp³-hybridized carbons (Fsp3) is 0.125. The zero-order chi connectivity index (χ0) is 11.2. The maximum absolute atomic E-state index is 12.6. The van der Waals surface area contributed by atoms with Gasteiger partial charge in [0.05, 0.1) is 15.8 Å². The second-order valence-corrected chi connectivity index (χ2v) is 5.16. The van der Waals surface area contributed by atoms with Gasteiger partial charge in [0.15, 0.2) is 5.13 Å². The number of hydrogen-bond acceptors (Lipinski definition) is 3. The van der Waals surface area contributed by atoms with Gasteiger partial charge in [-0.25, -0.2) is 4.98 Å². The summed E-state index contributed by atoms with van der Waals surface area (Å²) in [4.78, 5) is 3.69. The average molecular weight is 344 g/mol. The van der Waals surface area contributed by atoms with Gasteiger partial charge in [-0.15, -0.1) is 0 Å². The Morgan fingerprint density at radius 2 is 2.00 bits per heavy atom. The molecule has 2 N–H and O–H groups in total. The maximum Gasteiger partial charge on any atom is 0.418 e. The summed E-state index contributed by atoms with van der Waals surface area (Å²) in [5, 5.41) is 0.150. The van der Waals surface area contributed by atoms with Crippen LogP contribution in [0, 0.1) is 3.57 Å². The number of fused-ring (bicyclic) bond motifs is 1. The predicted octanol–water partition coefficient (Wildman–Crippen LogP) is 3.50. The van der Waals surface area contributed by atoms with Crippen LogP contribution in [0.3, 0.4) is 0 Å². The SMILES string of the molecule is Nc1nc2c(C(F)(F)F)cc(I)cc2s1. The highest BCUT2D eigenvalue weighted by Crippen LogP contribution is 2.38. The van der Waals surface area contributed by atoms with E-state index in [4.69, 9.17) is 5.73 Å². The van der Waals surface area contributed by atoms with E-state index in [0.717, 1.165) is 17.4 Å². The highest BCUT2D eigenvalue weighted by Gasteiger charge is 2.34. The smallest absolute Gasteiger partial charge is 0.375 e. The number of aromatic nitrogens is 1. The van der Waals surface area contributed by atoms with Crippen LogP contribution in [0.2, 0.25) is 0 Å². The maximum atomic E-state index is 12.6. The van der Waals surface area contributed by atoms with E-state index in [9.17, 15) is 13.2 Å². The summed E-state index contributed by atoms with van der Waals surface area (Å²) in [5.74, 6) is 0. The molecule has 1 heterocycles. The molecule has 15 heavy (non-hydrogen) atoms. The highest BCUT2D eigenvalue weighted by molar-refractivity contribution is 14.1. The number of nitrogens with two attached hydrogens (primary N) is 1. The number of benzene rings is 1. The molecule has 0 spiro atoms. The molecule has 80 valence electrons. The molecule has 0 aliphatic heterocycles. The quantitative estimate of drug-likeness (QED) is 0.743. The van der Waals surface area contributed by atoms with Crippen molar-refractivity contribution in [3.05, 3.63) is 21.3 Å². The third kappa shape index (κ3) is 2.03. The molecule has 0 fully saturated rings. The molecule has 0 radical (unpaired) electrons. The number of alkyl halides is 3. The number of nitrogen functional groups attached to an aromatic ring is 1. The van der Waals surface area contributed by atoms with Gasteiger partial charge < -0.3 is 5.73 Å². The van der Waals surface area contributed by atoms with Crippen molar-refractivity contribution in [2.24, 2.45) is 0 Å². The van der Waals surface area contributed by atoms with Crippen molar-refractivity contribution in [2.45, 2.75) is 6.18 Å². The molecule has 0 atom stereocenters. The van der Waals surface area contributed by atoms with E-state index in [1.54, 1.807) is 6.07 Å². The molecule has 7 heteroatoms. The number of hydrogen-bond donors (Lipinski definition) is 1. The molecule has 0 unspecified atom stereocenters. The van der Waals surface area contributed by atoms with E-state index in [-0.39, 0.29) is 10.6 Å². The molecule has 1 aromatic carbocycles. The molecule has 0 amide bonds. The van der Waals surface area contributed by atoms with Crippen LogP contribution in [0.4, 0.5) is 18.3 Å². The molecular weight excluding hydrogens is 340 g/mol. The third-order valence-electron chi connectivity index (χ3n) is 1.78. The Kier molecular flexibility index (Phi) is 2.53. The molecule has 0 bridgehead atoms. The minimum absolute atomic E-state index is 0.0644. The zero-order valence-electron chi connectivity index (χ0n) is 7.10. The predicted molar refractivity (Wildman–Crippen MR) is 61.8 cm³/mol. The number of thiazole rings is 1. The van der Waals surface area contributed by atoms with E-state index in [2.05, 4.69) is 4.98 Å². The molecule has 2 aromatic rings. The number of halogens is 4. The number of anilines is 1. The summed E-state index contributed by atoms with van der Waals surface area (Å²) in [6.07, 6.45) is -4.39. The van der Waals surface area contributed by atoms with E-state index >= 15 is 0 Å². The highest BCUT2D eigenvalue weighted by atomic mass is 127. The Morgan fingerprint density at radius 1 is 1.33 bits per heavy atom. The van der Waals surface area contributed by atoms with E-state index in [0.29, 0.717) is 8.27 Å². The third-order valence-corrected chi connectivity index (χ3v) is 3.24. The van der Waals surface area contributed by atoms with Gasteiger partial charge in [0, 0.05) is 3.57 Å². The van der Waals surface area contributed by atoms with Crippen molar-refractivity contribution in [2.75, 3.05) is 5.73 Å². The van der Waals surface area contributed by atoms with Crippen molar-refractivity contribution in [1.82, 2.24) is 4.98 Å². The van der Waals surface area contributed by atoms with Crippen molar-refractivity contribution in [3.8, 4) is 0 Å². The first-order valence-electron chi connectivity index (χ1n) is 3.80. The van der Waals surface area contributed by atoms with Crippen molar-refractivity contribution >= 4 is 49.3 Å². The molecular formula is C8H4F3IN2S. The van der Waals surface area contributed by atoms with Crippen LogP contribution in [-0.2, 0) is 6.18 Å². The summed E-state index contributed by atoms with van der Waals surface area (Å²) in [7, 11) is 0. The molecule has 1 aromatic heterocycles. The van der Waals surface area contributed by atoms with Crippen LogP contribution in [0.15, 0.2) is 12.1 Å². The van der Waals surface area contributed by atoms with Crippen LogP contribution in [0.5, 0.6) is 0 Å². The number of nitrogens with zero attached hydrogens (tertiary/aromatic N) is 1. The first-order chi connectivity index (χ1) is 6.88. The van der Waals surface area contributed by atoms with Crippen molar-refractivity contribution in [1.29, 1.82) is 0 Å². The molecule has 2 rings (SSSR count). The van der Waals surface area contributed by atoms with Gasteiger partial charge in [-0.3, -0.25) is 0 Å². The summed E-state index contributed by atoms with van der Waals surface area (Å²) >= 11 is 2.90. The Labute approximate surface area is 100 Å². The van der Waals surface area contributed by atoms with Gasteiger partial charge in [0.2, 0.25) is 0 Å². The Balaban J connectivity index is 2.82. The molecule has 0 saturated carbocycles. The molecule has 0 aliphatic carbocycles. The van der Waals surface area contributed by atoms with Crippen molar-refractivity contribution < 1.29 is 13.2 Å². The lowest BCUT2D eigenvalue weighted by Crippen LogP contribution is -2.06. The lowest BCUT2D eigenvalue weighted by molar-refractivity contribution is -0.136. The Hall–Kier alpha value is -0.570. The van der Waals surface area contributed by atoms with E-state index in [1.165, 1.54) is 0 Å². The van der Waals surface area contributed by atoms with Crippen LogP contribution in [0.1, 0.15) is 5.56 Å². The standard InChI is InChI=1S/C8H4F3IN2S/c9-8(10,11)4-1-3(12)2-5-6(4)14-7(13)15-5/h1-2H,(H2,13,14). The second kappa shape index (κ2) is 3.48. The van der Waals surface area contributed by atoms with Crippen molar-refractivity contribution in [3.63, 3.8) is 0 Å². The van der Waals surface area contributed by atoms with Gasteiger partial charge in [0.25, 0.3) is 0 Å². The fourth-order valence-corrected chi connectivity index (χ4v) is 2.86. The molecule has 0 aliphatic rings. The normalized spacial score (nSPS) is 12.3. The summed E-state index contributed by atoms with van der Waals surface area (Å²) in [5.41, 5.74) is 4.60. The molecule has 0 saturated heterocycles. The van der Waals surface area contributed by atoms with Gasteiger partial charge in [0.1, 0.15) is 0 Å². The lowest BCUT2D eigenvalue weighted by atomic mass is 10.2. The topological polar surface area (TPSA) is 38.9 Å². The average Bonchev–Trinajstić information content (AvgIpc) is 2.41. The van der Waals surface area contributed by atoms with Gasteiger partial charge in [-0.2, -0.15) is 13.2 Å². The summed E-state index contributed by atoms with van der Waals surface area (Å²) in [6.45, 7) is 0. The van der Waals surface area contributed by atoms with Crippen LogP contribution < -0.4 is 5.73 Å². The van der Waals surface area contributed by atoms with E-state index < -0.39 is 11.7 Å². The van der Waals surface area contributed by atoms with Gasteiger partial charge >= 0.3 is 6.18 Å². The van der Waals surface area contributed by atoms with Crippen LogP contribution in [0.25, 0.3) is 10.2 Å². The summed E-state index contributed by atoms with van der Waals surface area (Å²) < 4.78 is 38.9. The molecule has 2 nitrogen and oxygen atoms in total. The lowest BCUT2D eigenvalue weighted by Gasteiger charge is -2.07. The minimum Gasteiger partial charge on any atom is -0.375 e. The number of rotatable bonds is 0. The van der Waals surface area contributed by atoms with Crippen LogP contribution in [-0.4, -0.2) is 4.98 Å². The monoisotopic (exact) mass is 344 g/mol. The first kappa shape index (κ1) is 10.9. The van der Waals surface area contributed by atoms with Gasteiger partial charge in [-0.1, -0.05) is 11.3 Å². The Morgan fingerprint density at radius 3 is 2.60 bits per heavy atom. The Bertz CT molecular complexity index is 520. The zero-order valence-corrected chi connectivity index (χ0v) is 10.1.